The number of hydrogen-bond acceptors (Lipinski definition) is 9. The van der Waals surface area contributed by atoms with Gasteiger partial charge in [-0.05, 0) is 44.2 Å². The van der Waals surface area contributed by atoms with Crippen LogP contribution in [0.2, 0.25) is 0 Å². The van der Waals surface area contributed by atoms with Crippen LogP contribution in [-0.2, 0) is 30.3 Å². The molecule has 49 heavy (non-hydrogen) atoms. The molecule has 0 radical (unpaired) electrons. The number of benzene rings is 1. The first-order valence-corrected chi connectivity index (χ1v) is 18.6. The summed E-state index contributed by atoms with van der Waals surface area (Å²) < 4.78 is 12.0. The van der Waals surface area contributed by atoms with Crippen LogP contribution in [0.15, 0.2) is 41.9 Å². The van der Waals surface area contributed by atoms with Gasteiger partial charge in [-0.1, -0.05) is 71.4 Å². The lowest BCUT2D eigenvalue weighted by atomic mass is 9.90. The lowest BCUT2D eigenvalue weighted by Gasteiger charge is -2.41. The molecule has 1 saturated heterocycles. The van der Waals surface area contributed by atoms with E-state index in [0.717, 1.165) is 29.8 Å². The molecule has 3 amide bonds. The summed E-state index contributed by atoms with van der Waals surface area (Å²) in [6, 6.07) is 9.18. The standard InChI is InChI=1S/C37H59N5O6S/c1-9-24(3)33(41(6)32(44)23-39-35(45)25(4)10-2)30(47-7)22-31(43)42-19-14-17-29(42)34(48-8)26(5)36(46)40-28(37-38-18-20-49-37)21-27-15-12-11-13-16-27/h11-13,15-16,18,20,24-26,28-30,32-34,44H,9-10,14,17,19,21-23H2,1-8H3,(H,39,45)(H,40,46)/t24-,25?,26+,28-,29-,30+,32?,33-,34+/m0/s1. The molecule has 3 N–H and O–H groups in total. The predicted molar refractivity (Wildman–Crippen MR) is 193 cm³/mol. The highest BCUT2D eigenvalue weighted by Crippen LogP contribution is 2.30. The topological polar surface area (TPSA) is 133 Å². The summed E-state index contributed by atoms with van der Waals surface area (Å²) in [7, 11) is 5.01. The van der Waals surface area contributed by atoms with Gasteiger partial charge < -0.3 is 30.1 Å². The maximum atomic E-state index is 14.1. The van der Waals surface area contributed by atoms with Crippen LogP contribution in [0.5, 0.6) is 0 Å². The van der Waals surface area contributed by atoms with E-state index in [0.29, 0.717) is 19.4 Å². The van der Waals surface area contributed by atoms with Crippen molar-refractivity contribution < 1.29 is 29.0 Å². The van der Waals surface area contributed by atoms with Crippen molar-refractivity contribution in [3.8, 4) is 0 Å². The second-order valence-corrected chi connectivity index (χ2v) is 14.4. The maximum absolute atomic E-state index is 14.1. The largest absolute Gasteiger partial charge is 0.379 e. The number of ether oxygens (including phenoxy) is 2. The summed E-state index contributed by atoms with van der Waals surface area (Å²) in [6.07, 6.45) is 3.56. The predicted octanol–water partition coefficient (Wildman–Crippen LogP) is 4.42. The van der Waals surface area contributed by atoms with Gasteiger partial charge in [-0.3, -0.25) is 19.3 Å². The highest BCUT2D eigenvalue weighted by molar-refractivity contribution is 7.09. The number of likely N-dealkylation sites (tertiary alicyclic amines) is 1. The summed E-state index contributed by atoms with van der Waals surface area (Å²) in [5.74, 6) is -0.896. The summed E-state index contributed by atoms with van der Waals surface area (Å²) in [5.41, 5.74) is 1.10. The Kier molecular flexibility index (Phi) is 16.6. The molecule has 2 unspecified atom stereocenters. The van der Waals surface area contributed by atoms with Crippen molar-refractivity contribution >= 4 is 29.1 Å². The van der Waals surface area contributed by atoms with E-state index in [9.17, 15) is 19.5 Å². The van der Waals surface area contributed by atoms with Crippen molar-refractivity contribution in [1.29, 1.82) is 0 Å². The van der Waals surface area contributed by atoms with Crippen molar-refractivity contribution in [3.63, 3.8) is 0 Å². The second kappa shape index (κ2) is 20.1. The molecule has 3 rings (SSSR count). The number of carbonyl (C=O) groups excluding carboxylic acids is 3. The van der Waals surface area contributed by atoms with E-state index < -0.39 is 24.4 Å². The number of nitrogens with zero attached hydrogens (tertiary/aromatic N) is 3. The molecule has 0 aliphatic carbocycles. The van der Waals surface area contributed by atoms with E-state index in [-0.39, 0.29) is 60.6 Å². The number of methoxy groups -OCH3 is 2. The maximum Gasteiger partial charge on any atom is 0.226 e. The zero-order chi connectivity index (χ0) is 36.1. The number of likely N-dealkylation sites (N-methyl/N-ethyl adjacent to an activating group) is 1. The van der Waals surface area contributed by atoms with Crippen LogP contribution in [-0.4, -0.2) is 102 Å². The van der Waals surface area contributed by atoms with E-state index in [1.807, 2.05) is 73.3 Å². The quantitative estimate of drug-likeness (QED) is 0.173. The van der Waals surface area contributed by atoms with Crippen LogP contribution in [0.3, 0.4) is 0 Å². The normalized spacial score (nSPS) is 19.8. The molecule has 11 nitrogen and oxygen atoms in total. The summed E-state index contributed by atoms with van der Waals surface area (Å²) in [4.78, 5) is 48.4. The highest BCUT2D eigenvalue weighted by atomic mass is 32.1. The molecule has 0 saturated carbocycles. The minimum Gasteiger partial charge on any atom is -0.379 e. The minimum absolute atomic E-state index is 0.0741. The zero-order valence-corrected chi connectivity index (χ0v) is 31.4. The van der Waals surface area contributed by atoms with Gasteiger partial charge in [0.15, 0.2) is 0 Å². The molecular formula is C37H59N5O6S. The van der Waals surface area contributed by atoms with Gasteiger partial charge in [0.25, 0.3) is 0 Å². The Morgan fingerprint density at radius 1 is 1.08 bits per heavy atom. The van der Waals surface area contributed by atoms with Gasteiger partial charge in [-0.25, -0.2) is 4.98 Å². The number of hydrogen-bond donors (Lipinski definition) is 3. The first-order valence-electron chi connectivity index (χ1n) is 17.7. The van der Waals surface area contributed by atoms with Crippen molar-refractivity contribution in [3.05, 3.63) is 52.5 Å². The molecule has 0 bridgehead atoms. The third-order valence-electron chi connectivity index (χ3n) is 10.3. The molecule has 2 heterocycles. The number of amides is 3. The third-order valence-corrected chi connectivity index (χ3v) is 11.2. The molecule has 1 aliphatic heterocycles. The molecule has 2 aromatic rings. The Labute approximate surface area is 297 Å². The van der Waals surface area contributed by atoms with E-state index >= 15 is 0 Å². The average Bonchev–Trinajstić information content (AvgIpc) is 3.83. The number of aliphatic hydroxyl groups is 1. The first-order chi connectivity index (χ1) is 23.5. The number of carbonyl (C=O) groups is 3. The van der Waals surface area contributed by atoms with Crippen molar-refractivity contribution in [2.75, 3.05) is 34.4 Å². The Morgan fingerprint density at radius 2 is 1.80 bits per heavy atom. The molecule has 1 aromatic carbocycles. The van der Waals surface area contributed by atoms with Gasteiger partial charge >= 0.3 is 0 Å². The number of aromatic nitrogens is 1. The van der Waals surface area contributed by atoms with Crippen molar-refractivity contribution in [2.45, 2.75) is 110 Å². The molecule has 1 fully saturated rings. The third kappa shape index (κ3) is 11.0. The number of thiazole rings is 1. The van der Waals surface area contributed by atoms with Crippen LogP contribution in [0.25, 0.3) is 0 Å². The van der Waals surface area contributed by atoms with Gasteiger partial charge in [0.2, 0.25) is 17.7 Å². The SMILES string of the molecule is CCC(C)C(=O)NCC(O)N(C)[C@@H]([C@@H](C)CC)[C@@H](CC(=O)N1CCC[C@H]1[C@H](OC)[C@@H](C)C(=O)N[C@@H](Cc1ccccc1)c1nccs1)OC. The second-order valence-electron chi connectivity index (χ2n) is 13.5. The molecule has 274 valence electrons. The Morgan fingerprint density at radius 3 is 2.39 bits per heavy atom. The van der Waals surface area contributed by atoms with Gasteiger partial charge in [0.1, 0.15) is 11.2 Å². The molecule has 1 aliphatic rings. The monoisotopic (exact) mass is 701 g/mol. The lowest BCUT2D eigenvalue weighted by Crippen LogP contribution is -2.55. The van der Waals surface area contributed by atoms with E-state index in [2.05, 4.69) is 29.5 Å². The van der Waals surface area contributed by atoms with Crippen LogP contribution in [0.1, 0.15) is 83.3 Å². The Bertz CT molecular complexity index is 1280. The Balaban J connectivity index is 1.72. The van der Waals surface area contributed by atoms with Gasteiger partial charge in [0, 0.05) is 44.3 Å². The highest BCUT2D eigenvalue weighted by Gasteiger charge is 2.42. The fourth-order valence-corrected chi connectivity index (χ4v) is 7.53. The lowest BCUT2D eigenvalue weighted by molar-refractivity contribution is -0.144. The van der Waals surface area contributed by atoms with Gasteiger partial charge in [-0.15, -0.1) is 11.3 Å². The van der Waals surface area contributed by atoms with Crippen LogP contribution < -0.4 is 10.6 Å². The van der Waals surface area contributed by atoms with Crippen LogP contribution in [0.4, 0.5) is 0 Å². The van der Waals surface area contributed by atoms with E-state index in [4.69, 9.17) is 9.47 Å². The molecule has 9 atom stereocenters. The zero-order valence-electron chi connectivity index (χ0n) is 30.6. The number of nitrogens with one attached hydrogen (secondary N) is 2. The van der Waals surface area contributed by atoms with Gasteiger partial charge in [0.05, 0.1) is 43.2 Å². The fourth-order valence-electron chi connectivity index (χ4n) is 6.85. The average molecular weight is 702 g/mol. The molecular weight excluding hydrogens is 643 g/mol. The fraction of sp³-hybridized carbons (Fsp3) is 0.676. The summed E-state index contributed by atoms with van der Waals surface area (Å²) >= 11 is 1.51. The van der Waals surface area contributed by atoms with E-state index in [1.165, 1.54) is 11.3 Å². The van der Waals surface area contributed by atoms with Gasteiger partial charge in [-0.2, -0.15) is 0 Å². The number of rotatable bonds is 20. The van der Waals surface area contributed by atoms with Crippen molar-refractivity contribution in [1.82, 2.24) is 25.4 Å². The molecule has 1 aromatic heterocycles. The van der Waals surface area contributed by atoms with Crippen molar-refractivity contribution in [2.24, 2.45) is 17.8 Å². The molecule has 0 spiro atoms. The minimum atomic E-state index is -0.952. The first kappa shape index (κ1) is 40.5. The summed E-state index contributed by atoms with van der Waals surface area (Å²) in [6.45, 7) is 10.5. The smallest absolute Gasteiger partial charge is 0.226 e. The van der Waals surface area contributed by atoms with Crippen LogP contribution in [0, 0.1) is 17.8 Å². The molecule has 12 heteroatoms. The Hall–Kier alpha value is -2.90. The van der Waals surface area contributed by atoms with E-state index in [1.54, 1.807) is 20.4 Å². The number of aliphatic hydroxyl groups excluding tert-OH is 1. The van der Waals surface area contributed by atoms with Crippen LogP contribution >= 0.6 is 11.3 Å². The summed E-state index contributed by atoms with van der Waals surface area (Å²) in [5, 5.41) is 19.9.